The number of ether oxygens (including phenoxy) is 2. The van der Waals surface area contributed by atoms with E-state index in [4.69, 9.17) is 21.1 Å². The van der Waals surface area contributed by atoms with Crippen LogP contribution in [0.25, 0.3) is 0 Å². The Hall–Kier alpha value is -2.45. The first-order valence-corrected chi connectivity index (χ1v) is 14.2. The highest BCUT2D eigenvalue weighted by Crippen LogP contribution is 2.44. The SMILES string of the molecule is COCCN(c1ccc(C#N)cc1Cl)c1ncnc(OC2CC3CCC(C2)N3S(=O)(=O)C2CC2)c1C. The van der Waals surface area contributed by atoms with Gasteiger partial charge in [0.1, 0.15) is 18.2 Å². The summed E-state index contributed by atoms with van der Waals surface area (Å²) in [6.07, 6.45) is 6.01. The van der Waals surface area contributed by atoms with Gasteiger partial charge in [0.25, 0.3) is 0 Å². The minimum Gasteiger partial charge on any atom is -0.474 e. The molecule has 3 heterocycles. The Labute approximate surface area is 217 Å². The van der Waals surface area contributed by atoms with E-state index in [1.165, 1.54) is 6.33 Å². The third-order valence-corrected chi connectivity index (χ3v) is 10.1. The van der Waals surface area contributed by atoms with Gasteiger partial charge in [-0.25, -0.2) is 18.4 Å². The Morgan fingerprint density at radius 3 is 2.53 bits per heavy atom. The molecule has 11 heteroatoms. The molecule has 0 radical (unpaired) electrons. The molecule has 0 N–H and O–H groups in total. The van der Waals surface area contributed by atoms with E-state index in [0.29, 0.717) is 54.0 Å². The van der Waals surface area contributed by atoms with Gasteiger partial charge >= 0.3 is 0 Å². The van der Waals surface area contributed by atoms with Gasteiger partial charge in [-0.05, 0) is 50.8 Å². The largest absolute Gasteiger partial charge is 0.474 e. The van der Waals surface area contributed by atoms with Crippen LogP contribution >= 0.6 is 11.6 Å². The first-order chi connectivity index (χ1) is 17.3. The van der Waals surface area contributed by atoms with Gasteiger partial charge < -0.3 is 14.4 Å². The Bertz CT molecular complexity index is 1270. The first kappa shape index (κ1) is 25.2. The summed E-state index contributed by atoms with van der Waals surface area (Å²) < 4.78 is 39.4. The van der Waals surface area contributed by atoms with Crippen LogP contribution in [-0.2, 0) is 14.8 Å². The van der Waals surface area contributed by atoms with E-state index in [9.17, 15) is 13.7 Å². The van der Waals surface area contributed by atoms with Gasteiger partial charge in [-0.2, -0.15) is 9.57 Å². The highest BCUT2D eigenvalue weighted by molar-refractivity contribution is 7.90. The zero-order valence-electron chi connectivity index (χ0n) is 20.4. The van der Waals surface area contributed by atoms with Crippen LogP contribution in [0.1, 0.15) is 49.7 Å². The maximum Gasteiger partial charge on any atom is 0.221 e. The lowest BCUT2D eigenvalue weighted by Crippen LogP contribution is -2.50. The van der Waals surface area contributed by atoms with E-state index in [2.05, 4.69) is 16.0 Å². The van der Waals surface area contributed by atoms with Crippen LogP contribution in [0.3, 0.4) is 0 Å². The van der Waals surface area contributed by atoms with Crippen molar-refractivity contribution in [3.05, 3.63) is 40.7 Å². The van der Waals surface area contributed by atoms with E-state index < -0.39 is 10.0 Å². The number of methoxy groups -OCH3 is 1. The number of hydrogen-bond donors (Lipinski definition) is 0. The smallest absolute Gasteiger partial charge is 0.221 e. The van der Waals surface area contributed by atoms with Gasteiger partial charge in [0.2, 0.25) is 15.9 Å². The molecule has 2 bridgehead atoms. The molecule has 5 rings (SSSR count). The lowest BCUT2D eigenvalue weighted by atomic mass is 10.0. The number of aromatic nitrogens is 2. The fourth-order valence-electron chi connectivity index (χ4n) is 5.43. The molecule has 2 saturated heterocycles. The van der Waals surface area contributed by atoms with Gasteiger partial charge in [0.15, 0.2) is 0 Å². The van der Waals surface area contributed by atoms with Crippen LogP contribution in [-0.4, -0.2) is 66.4 Å². The molecule has 3 fully saturated rings. The third kappa shape index (κ3) is 4.77. The topological polar surface area (TPSA) is 109 Å². The lowest BCUT2D eigenvalue weighted by Gasteiger charge is -2.38. The number of fused-ring (bicyclic) bond motifs is 2. The molecule has 2 atom stereocenters. The molecule has 3 aliphatic rings. The number of hydrogen-bond acceptors (Lipinski definition) is 8. The van der Waals surface area contributed by atoms with E-state index in [0.717, 1.165) is 31.2 Å². The van der Waals surface area contributed by atoms with Crippen LogP contribution in [0, 0.1) is 18.3 Å². The van der Waals surface area contributed by atoms with Crippen molar-refractivity contribution in [2.45, 2.75) is 68.9 Å². The quantitative estimate of drug-likeness (QED) is 0.478. The van der Waals surface area contributed by atoms with Gasteiger partial charge in [0, 0.05) is 38.6 Å². The molecule has 2 aromatic rings. The normalized spacial score (nSPS) is 23.9. The summed E-state index contributed by atoms with van der Waals surface area (Å²) in [5, 5.41) is 9.46. The van der Waals surface area contributed by atoms with Gasteiger partial charge in [-0.1, -0.05) is 11.6 Å². The molecular formula is C25H30ClN5O4S. The second-order valence-electron chi connectivity index (χ2n) is 9.72. The zero-order valence-corrected chi connectivity index (χ0v) is 22.0. The lowest BCUT2D eigenvalue weighted by molar-refractivity contribution is 0.0910. The van der Waals surface area contributed by atoms with Gasteiger partial charge in [0.05, 0.1) is 39.8 Å². The number of sulfonamides is 1. The third-order valence-electron chi connectivity index (χ3n) is 7.29. The Morgan fingerprint density at radius 1 is 1.19 bits per heavy atom. The van der Waals surface area contributed by atoms with Crippen molar-refractivity contribution in [1.29, 1.82) is 5.26 Å². The molecular weight excluding hydrogens is 502 g/mol. The fourth-order valence-corrected chi connectivity index (χ4v) is 8.00. The number of halogens is 1. The van der Waals surface area contributed by atoms with Crippen LogP contribution in [0.5, 0.6) is 5.88 Å². The summed E-state index contributed by atoms with van der Waals surface area (Å²) in [6.45, 7) is 2.83. The summed E-state index contributed by atoms with van der Waals surface area (Å²) in [5.74, 6) is 1.12. The maximum atomic E-state index is 13.0. The van der Waals surface area contributed by atoms with Crippen LogP contribution in [0.15, 0.2) is 24.5 Å². The summed E-state index contributed by atoms with van der Waals surface area (Å²) >= 11 is 6.53. The molecule has 2 unspecified atom stereocenters. The van der Waals surface area contributed by atoms with E-state index >= 15 is 0 Å². The zero-order chi connectivity index (χ0) is 25.4. The first-order valence-electron chi connectivity index (χ1n) is 12.3. The van der Waals surface area contributed by atoms with Gasteiger partial charge in [-0.3, -0.25) is 0 Å². The minimum absolute atomic E-state index is 0.00313. The number of nitrogens with zero attached hydrogens (tertiary/aromatic N) is 5. The van der Waals surface area contributed by atoms with Crippen LogP contribution in [0.2, 0.25) is 5.02 Å². The summed E-state index contributed by atoms with van der Waals surface area (Å²) in [6, 6.07) is 7.24. The molecule has 1 aromatic heterocycles. The Morgan fingerprint density at radius 2 is 1.92 bits per heavy atom. The summed E-state index contributed by atoms with van der Waals surface area (Å²) in [5.41, 5.74) is 1.94. The monoisotopic (exact) mass is 531 g/mol. The predicted molar refractivity (Wildman–Crippen MR) is 136 cm³/mol. The highest BCUT2D eigenvalue weighted by atomic mass is 35.5. The summed E-state index contributed by atoms with van der Waals surface area (Å²) in [7, 11) is -1.57. The Kier molecular flexibility index (Phi) is 7.10. The molecule has 1 aliphatic carbocycles. The molecule has 9 nitrogen and oxygen atoms in total. The van der Waals surface area contributed by atoms with Crippen molar-refractivity contribution in [3.63, 3.8) is 0 Å². The van der Waals surface area contributed by atoms with E-state index in [-0.39, 0.29) is 23.4 Å². The number of rotatable bonds is 9. The number of piperidine rings is 1. The van der Waals surface area contributed by atoms with E-state index in [1.807, 2.05) is 11.8 Å². The average molecular weight is 532 g/mol. The minimum atomic E-state index is -3.19. The second-order valence-corrected chi connectivity index (χ2v) is 12.2. The van der Waals surface area contributed by atoms with Crippen molar-refractivity contribution >= 4 is 33.1 Å². The number of nitriles is 1. The van der Waals surface area contributed by atoms with Crippen molar-refractivity contribution in [2.24, 2.45) is 0 Å². The molecule has 2 aliphatic heterocycles. The maximum absolute atomic E-state index is 13.0. The van der Waals surface area contributed by atoms with Crippen molar-refractivity contribution in [3.8, 4) is 11.9 Å². The van der Waals surface area contributed by atoms with Crippen molar-refractivity contribution in [1.82, 2.24) is 14.3 Å². The molecule has 1 saturated carbocycles. The second kappa shape index (κ2) is 10.1. The number of anilines is 2. The predicted octanol–water partition coefficient (Wildman–Crippen LogP) is 3.96. The molecule has 0 spiro atoms. The van der Waals surface area contributed by atoms with Crippen LogP contribution in [0.4, 0.5) is 11.5 Å². The molecule has 1 aromatic carbocycles. The van der Waals surface area contributed by atoms with Crippen LogP contribution < -0.4 is 9.64 Å². The molecule has 0 amide bonds. The van der Waals surface area contributed by atoms with Crippen molar-refractivity contribution in [2.75, 3.05) is 25.2 Å². The standard InChI is InChI=1S/C25H30ClN5O4S/c1-16-24(30(9-10-34-2)23-8-3-17(14-27)11-22(23)26)28-15-29-25(16)35-20-12-18-4-5-19(13-20)31(18)36(32,33)21-6-7-21/h3,8,11,15,18-21H,4-7,9-10,12-13H2,1-2H3. The Balaban J connectivity index is 1.38. The van der Waals surface area contributed by atoms with Gasteiger partial charge in [-0.15, -0.1) is 0 Å². The molecule has 36 heavy (non-hydrogen) atoms. The summed E-state index contributed by atoms with van der Waals surface area (Å²) in [4.78, 5) is 10.9. The molecule has 192 valence electrons. The average Bonchev–Trinajstić information content (AvgIpc) is 3.68. The fraction of sp³-hybridized carbons (Fsp3) is 0.560. The number of benzene rings is 1. The van der Waals surface area contributed by atoms with E-state index in [1.54, 1.807) is 29.6 Å². The van der Waals surface area contributed by atoms with Crippen molar-refractivity contribution < 1.29 is 17.9 Å². The highest BCUT2D eigenvalue weighted by Gasteiger charge is 2.52.